The molecule has 1 amide bonds. The average molecular weight is 577 g/mol. The van der Waals surface area contributed by atoms with Gasteiger partial charge in [0.2, 0.25) is 5.91 Å². The van der Waals surface area contributed by atoms with E-state index in [-0.39, 0.29) is 11.7 Å². The summed E-state index contributed by atoms with van der Waals surface area (Å²) in [6.45, 7) is 4.48. The van der Waals surface area contributed by atoms with Gasteiger partial charge in [0.1, 0.15) is 0 Å². The lowest BCUT2D eigenvalue weighted by Gasteiger charge is -2.13. The largest absolute Gasteiger partial charge is 0.301 e. The molecule has 3 aromatic heterocycles. The van der Waals surface area contributed by atoms with Crippen molar-refractivity contribution in [2.24, 2.45) is 0 Å². The molecule has 186 valence electrons. The number of carbonyl (C=O) groups excluding carboxylic acids is 1. The van der Waals surface area contributed by atoms with Crippen LogP contribution in [0.25, 0.3) is 11.4 Å². The van der Waals surface area contributed by atoms with Gasteiger partial charge in [-0.2, -0.15) is 0 Å². The monoisotopic (exact) mass is 575 g/mol. The Morgan fingerprint density at radius 1 is 1.22 bits per heavy atom. The number of nitrogens with zero attached hydrogens (tertiary/aromatic N) is 4. The van der Waals surface area contributed by atoms with E-state index in [0.29, 0.717) is 33.3 Å². The van der Waals surface area contributed by atoms with E-state index in [1.807, 2.05) is 40.2 Å². The number of aromatic nitrogens is 4. The second-order valence-corrected chi connectivity index (χ2v) is 12.1. The summed E-state index contributed by atoms with van der Waals surface area (Å²) >= 11 is 17.1. The molecule has 11 heteroatoms. The van der Waals surface area contributed by atoms with Crippen molar-refractivity contribution in [3.8, 4) is 11.4 Å². The number of rotatable bonds is 9. The third-order valence-electron chi connectivity index (χ3n) is 5.88. The summed E-state index contributed by atoms with van der Waals surface area (Å²) in [6, 6.07) is 5.44. The molecule has 0 unspecified atom stereocenters. The Kier molecular flexibility index (Phi) is 8.12. The van der Waals surface area contributed by atoms with Crippen LogP contribution in [-0.4, -0.2) is 31.4 Å². The van der Waals surface area contributed by atoms with Crippen LogP contribution in [0.5, 0.6) is 0 Å². The Morgan fingerprint density at radius 3 is 2.83 bits per heavy atom. The van der Waals surface area contributed by atoms with Crippen LogP contribution in [0.1, 0.15) is 33.7 Å². The molecule has 4 aromatic rings. The number of thiophene rings is 1. The minimum Gasteiger partial charge on any atom is -0.301 e. The maximum Gasteiger partial charge on any atom is 0.236 e. The fourth-order valence-corrected chi connectivity index (χ4v) is 7.42. The van der Waals surface area contributed by atoms with Crippen LogP contribution in [0.3, 0.4) is 0 Å². The second kappa shape index (κ2) is 11.5. The van der Waals surface area contributed by atoms with Crippen molar-refractivity contribution >= 4 is 68.7 Å². The molecule has 0 spiro atoms. The van der Waals surface area contributed by atoms with E-state index in [1.54, 1.807) is 6.20 Å². The number of amides is 1. The molecule has 0 bridgehead atoms. The second-order valence-electron chi connectivity index (χ2n) is 8.31. The van der Waals surface area contributed by atoms with E-state index in [9.17, 15) is 4.79 Å². The smallest absolute Gasteiger partial charge is 0.236 e. The van der Waals surface area contributed by atoms with E-state index < -0.39 is 0 Å². The van der Waals surface area contributed by atoms with E-state index in [1.165, 1.54) is 46.4 Å². The summed E-state index contributed by atoms with van der Waals surface area (Å²) in [5, 5.41) is 16.4. The zero-order chi connectivity index (χ0) is 25.1. The number of thiazole rings is 1. The minimum absolute atomic E-state index is 0.153. The summed E-state index contributed by atoms with van der Waals surface area (Å²) in [6.07, 6.45) is 8.80. The molecular formula is C25H23Cl2N5OS3. The molecule has 1 aliphatic carbocycles. The molecule has 1 aliphatic rings. The van der Waals surface area contributed by atoms with Gasteiger partial charge in [0.15, 0.2) is 16.1 Å². The number of carbonyl (C=O) groups is 1. The molecule has 0 fully saturated rings. The number of fused-ring (bicyclic) bond motifs is 1. The molecule has 5 rings (SSSR count). The number of aryl methyl sites for hydroxylation is 1. The lowest BCUT2D eigenvalue weighted by atomic mass is 9.95. The summed E-state index contributed by atoms with van der Waals surface area (Å²) in [5.74, 6) is 0.890. The number of hydrogen-bond acceptors (Lipinski definition) is 7. The molecule has 36 heavy (non-hydrogen) atoms. The molecule has 0 atom stereocenters. The normalized spacial score (nSPS) is 12.9. The SMILES string of the molecule is C=CCn1c(SCC(=O)Nc2ncc(Cc3c(Cl)cccc3Cl)s2)nnc1-c1csc2c1CCCC2. The van der Waals surface area contributed by atoms with Gasteiger partial charge in [0.25, 0.3) is 0 Å². The molecular weight excluding hydrogens is 553 g/mol. The highest BCUT2D eigenvalue weighted by Gasteiger charge is 2.22. The molecule has 0 aliphatic heterocycles. The first kappa shape index (κ1) is 25.5. The van der Waals surface area contributed by atoms with Gasteiger partial charge in [-0.25, -0.2) is 4.98 Å². The first-order chi connectivity index (χ1) is 17.5. The highest BCUT2D eigenvalue weighted by atomic mass is 35.5. The number of thioether (sulfide) groups is 1. The van der Waals surface area contributed by atoms with Crippen molar-refractivity contribution in [2.45, 2.75) is 43.8 Å². The molecule has 3 heterocycles. The molecule has 6 nitrogen and oxygen atoms in total. The quantitative estimate of drug-likeness (QED) is 0.169. The third-order valence-corrected chi connectivity index (χ3v) is 9.55. The molecule has 1 N–H and O–H groups in total. The standard InChI is InChI=1S/C25H23Cl2N5OS3/c1-2-10-32-23(18-13-34-21-9-4-3-6-16(18)21)30-31-25(32)35-14-22(33)29-24-28-12-15(36-24)11-17-19(26)7-5-8-20(17)27/h2,5,7-8,12-13H,1,3-4,6,9-11,14H2,(H,28,29,33). The van der Waals surface area contributed by atoms with Crippen molar-refractivity contribution in [2.75, 3.05) is 11.1 Å². The number of allylic oxidation sites excluding steroid dienone is 1. The van der Waals surface area contributed by atoms with Gasteiger partial charge in [-0.3, -0.25) is 9.36 Å². The van der Waals surface area contributed by atoms with Crippen molar-refractivity contribution in [1.82, 2.24) is 19.7 Å². The van der Waals surface area contributed by atoms with Crippen LogP contribution in [0.15, 0.2) is 47.6 Å². The Bertz CT molecular complexity index is 1390. The number of hydrogen-bond donors (Lipinski definition) is 1. The van der Waals surface area contributed by atoms with Crippen molar-refractivity contribution in [3.63, 3.8) is 0 Å². The van der Waals surface area contributed by atoms with E-state index in [2.05, 4.69) is 32.5 Å². The van der Waals surface area contributed by atoms with Crippen LogP contribution >= 0.6 is 57.6 Å². The zero-order valence-corrected chi connectivity index (χ0v) is 23.3. The lowest BCUT2D eigenvalue weighted by molar-refractivity contribution is -0.113. The van der Waals surface area contributed by atoms with Crippen LogP contribution in [0.4, 0.5) is 5.13 Å². The highest BCUT2D eigenvalue weighted by Crippen LogP contribution is 2.37. The maximum absolute atomic E-state index is 12.7. The fraction of sp³-hybridized carbons (Fsp3) is 0.280. The Hall–Kier alpha value is -2.17. The van der Waals surface area contributed by atoms with Crippen molar-refractivity contribution in [3.05, 3.63) is 73.4 Å². The number of nitrogens with one attached hydrogen (secondary N) is 1. The highest BCUT2D eigenvalue weighted by molar-refractivity contribution is 7.99. The Labute approximate surface area is 231 Å². The molecule has 1 aromatic carbocycles. The zero-order valence-electron chi connectivity index (χ0n) is 19.3. The van der Waals surface area contributed by atoms with E-state index in [0.717, 1.165) is 34.7 Å². The Balaban J connectivity index is 1.24. The van der Waals surface area contributed by atoms with E-state index >= 15 is 0 Å². The van der Waals surface area contributed by atoms with Crippen LogP contribution < -0.4 is 5.32 Å². The average Bonchev–Trinajstić information content (AvgIpc) is 3.59. The van der Waals surface area contributed by atoms with Gasteiger partial charge in [-0.15, -0.1) is 39.4 Å². The predicted octanol–water partition coefficient (Wildman–Crippen LogP) is 7.16. The molecule has 0 radical (unpaired) electrons. The summed E-state index contributed by atoms with van der Waals surface area (Å²) in [5.41, 5.74) is 3.41. The number of anilines is 1. The number of halogens is 2. The first-order valence-corrected chi connectivity index (χ1v) is 14.9. The van der Waals surface area contributed by atoms with Crippen LogP contribution in [0.2, 0.25) is 10.0 Å². The Morgan fingerprint density at radius 2 is 2.03 bits per heavy atom. The van der Waals surface area contributed by atoms with Gasteiger partial charge in [-0.05, 0) is 48.9 Å². The van der Waals surface area contributed by atoms with Gasteiger partial charge >= 0.3 is 0 Å². The summed E-state index contributed by atoms with van der Waals surface area (Å²) < 4.78 is 2.04. The van der Waals surface area contributed by atoms with Crippen LogP contribution in [0, 0.1) is 0 Å². The topological polar surface area (TPSA) is 72.7 Å². The third kappa shape index (κ3) is 5.55. The molecule has 0 saturated heterocycles. The summed E-state index contributed by atoms with van der Waals surface area (Å²) in [4.78, 5) is 19.4. The first-order valence-electron chi connectivity index (χ1n) is 11.5. The minimum atomic E-state index is -0.153. The van der Waals surface area contributed by atoms with Gasteiger partial charge in [-0.1, -0.05) is 47.1 Å². The molecule has 0 saturated carbocycles. The van der Waals surface area contributed by atoms with E-state index in [4.69, 9.17) is 23.2 Å². The summed E-state index contributed by atoms with van der Waals surface area (Å²) in [7, 11) is 0. The number of benzene rings is 1. The van der Waals surface area contributed by atoms with Crippen LogP contribution in [-0.2, 0) is 30.6 Å². The van der Waals surface area contributed by atoms with Crippen molar-refractivity contribution < 1.29 is 4.79 Å². The van der Waals surface area contributed by atoms with Gasteiger partial charge in [0.05, 0.1) is 5.75 Å². The fourth-order valence-electron chi connectivity index (χ4n) is 4.18. The maximum atomic E-state index is 12.7. The van der Waals surface area contributed by atoms with Gasteiger partial charge < -0.3 is 5.32 Å². The predicted molar refractivity (Wildman–Crippen MR) is 151 cm³/mol. The van der Waals surface area contributed by atoms with Crippen molar-refractivity contribution in [1.29, 1.82) is 0 Å². The lowest BCUT2D eigenvalue weighted by Crippen LogP contribution is -2.14. The van der Waals surface area contributed by atoms with Gasteiger partial charge in [0, 0.05) is 49.9 Å².